The van der Waals surface area contributed by atoms with Crippen molar-refractivity contribution in [3.63, 3.8) is 0 Å². The number of nitrogens with zero attached hydrogens (tertiary/aromatic N) is 2. The number of carbonyl (C=O) groups excluding carboxylic acids is 1. The summed E-state index contributed by atoms with van der Waals surface area (Å²) in [6.45, 7) is 2.93. The molecule has 3 rings (SSSR count). The van der Waals surface area contributed by atoms with Crippen molar-refractivity contribution in [1.82, 2.24) is 15.2 Å². The van der Waals surface area contributed by atoms with E-state index in [1.165, 1.54) is 5.56 Å². The van der Waals surface area contributed by atoms with Crippen molar-refractivity contribution in [3.05, 3.63) is 52.5 Å². The highest BCUT2D eigenvalue weighted by molar-refractivity contribution is 7.07. The van der Waals surface area contributed by atoms with Crippen molar-refractivity contribution in [1.29, 1.82) is 0 Å². The molecule has 4 nitrogen and oxygen atoms in total. The summed E-state index contributed by atoms with van der Waals surface area (Å²) in [6.07, 6.45) is 4.29. The van der Waals surface area contributed by atoms with Crippen LogP contribution < -0.4 is 5.32 Å². The number of pyridine rings is 1. The smallest absolute Gasteiger partial charge is 0.253 e. The first-order valence-corrected chi connectivity index (χ1v) is 7.70. The number of hydrogen-bond donors (Lipinski definition) is 1. The maximum absolute atomic E-state index is 12.1. The fourth-order valence-corrected chi connectivity index (χ4v) is 3.16. The third-order valence-electron chi connectivity index (χ3n) is 3.52. The molecule has 1 atom stereocenters. The van der Waals surface area contributed by atoms with Gasteiger partial charge in [-0.2, -0.15) is 11.3 Å². The van der Waals surface area contributed by atoms with Gasteiger partial charge < -0.3 is 5.32 Å². The van der Waals surface area contributed by atoms with Gasteiger partial charge in [-0.3, -0.25) is 14.7 Å². The summed E-state index contributed by atoms with van der Waals surface area (Å²) in [5.74, 6) is -0.0273. The van der Waals surface area contributed by atoms with Gasteiger partial charge in [0.2, 0.25) is 0 Å². The molecule has 1 aliphatic rings. The van der Waals surface area contributed by atoms with E-state index in [0.29, 0.717) is 5.56 Å². The average molecular weight is 287 g/mol. The molecule has 1 amide bonds. The summed E-state index contributed by atoms with van der Waals surface area (Å²) >= 11 is 1.73. The van der Waals surface area contributed by atoms with Crippen LogP contribution in [0.1, 0.15) is 22.3 Å². The van der Waals surface area contributed by atoms with Gasteiger partial charge in [0.15, 0.2) is 0 Å². The van der Waals surface area contributed by atoms with E-state index in [4.69, 9.17) is 0 Å². The molecule has 0 aliphatic carbocycles. The lowest BCUT2D eigenvalue weighted by molar-refractivity contribution is 0.0937. The van der Waals surface area contributed by atoms with Crippen LogP contribution in [0.15, 0.2) is 41.4 Å². The molecule has 0 saturated carbocycles. The zero-order valence-electron chi connectivity index (χ0n) is 11.2. The van der Waals surface area contributed by atoms with E-state index in [9.17, 15) is 4.79 Å². The SMILES string of the molecule is O=C(NC1CCN(Cc2ccsc2)C1)c1cccnc1. The van der Waals surface area contributed by atoms with Crippen molar-refractivity contribution in [2.24, 2.45) is 0 Å². The highest BCUT2D eigenvalue weighted by atomic mass is 32.1. The zero-order valence-corrected chi connectivity index (χ0v) is 12.0. The summed E-state index contributed by atoms with van der Waals surface area (Å²) in [7, 11) is 0. The van der Waals surface area contributed by atoms with E-state index in [2.05, 4.69) is 32.0 Å². The molecule has 1 fully saturated rings. The summed E-state index contributed by atoms with van der Waals surface area (Å²) in [5, 5.41) is 7.37. The van der Waals surface area contributed by atoms with Crippen LogP contribution in [0.25, 0.3) is 0 Å². The van der Waals surface area contributed by atoms with Crippen LogP contribution in [0.4, 0.5) is 0 Å². The first-order valence-electron chi connectivity index (χ1n) is 6.75. The number of thiophene rings is 1. The molecule has 2 aromatic heterocycles. The highest BCUT2D eigenvalue weighted by Crippen LogP contribution is 2.15. The van der Waals surface area contributed by atoms with E-state index in [0.717, 1.165) is 26.1 Å². The topological polar surface area (TPSA) is 45.2 Å². The number of carbonyl (C=O) groups is 1. The number of rotatable bonds is 4. The maximum Gasteiger partial charge on any atom is 0.253 e. The fourth-order valence-electron chi connectivity index (χ4n) is 2.50. The van der Waals surface area contributed by atoms with Crippen LogP contribution in [-0.2, 0) is 6.54 Å². The third-order valence-corrected chi connectivity index (χ3v) is 4.25. The lowest BCUT2D eigenvalue weighted by Crippen LogP contribution is -2.37. The number of amides is 1. The van der Waals surface area contributed by atoms with Crippen molar-refractivity contribution in [2.75, 3.05) is 13.1 Å². The van der Waals surface area contributed by atoms with E-state index in [1.807, 2.05) is 0 Å². The number of aromatic nitrogens is 1. The molecule has 104 valence electrons. The molecule has 5 heteroatoms. The Balaban J connectivity index is 1.52. The zero-order chi connectivity index (χ0) is 13.8. The van der Waals surface area contributed by atoms with Crippen LogP contribution in [0.5, 0.6) is 0 Å². The normalized spacial score (nSPS) is 19.1. The fraction of sp³-hybridized carbons (Fsp3) is 0.333. The van der Waals surface area contributed by atoms with Crippen LogP contribution in [-0.4, -0.2) is 34.9 Å². The summed E-state index contributed by atoms with van der Waals surface area (Å²) < 4.78 is 0. The van der Waals surface area contributed by atoms with Crippen molar-refractivity contribution < 1.29 is 4.79 Å². The Morgan fingerprint density at radius 3 is 3.20 bits per heavy atom. The second kappa shape index (κ2) is 6.15. The first kappa shape index (κ1) is 13.3. The predicted molar refractivity (Wildman–Crippen MR) is 79.7 cm³/mol. The second-order valence-corrected chi connectivity index (χ2v) is 5.85. The Bertz CT molecular complexity index is 556. The van der Waals surface area contributed by atoms with Gasteiger partial charge in [-0.25, -0.2) is 0 Å². The quantitative estimate of drug-likeness (QED) is 0.937. The van der Waals surface area contributed by atoms with Gasteiger partial charge in [-0.15, -0.1) is 0 Å². The van der Waals surface area contributed by atoms with E-state index < -0.39 is 0 Å². The Labute approximate surface area is 122 Å². The molecule has 1 saturated heterocycles. The molecule has 1 N–H and O–H groups in total. The standard InChI is InChI=1S/C15H17N3OS/c19-15(13-2-1-5-16-8-13)17-14-3-6-18(10-14)9-12-4-7-20-11-12/h1-2,4-5,7-8,11,14H,3,6,9-10H2,(H,17,19). The Hall–Kier alpha value is -1.72. The second-order valence-electron chi connectivity index (χ2n) is 5.07. The molecular formula is C15H17N3OS. The predicted octanol–water partition coefficient (Wildman–Crippen LogP) is 2.15. The molecule has 1 aliphatic heterocycles. The minimum absolute atomic E-state index is 0.0273. The van der Waals surface area contributed by atoms with Gasteiger partial charge in [0.05, 0.1) is 5.56 Å². The van der Waals surface area contributed by atoms with Crippen molar-refractivity contribution in [2.45, 2.75) is 19.0 Å². The third kappa shape index (κ3) is 3.23. The molecule has 1 unspecified atom stereocenters. The van der Waals surface area contributed by atoms with Crippen LogP contribution in [0, 0.1) is 0 Å². The number of likely N-dealkylation sites (tertiary alicyclic amines) is 1. The molecule has 0 bridgehead atoms. The lowest BCUT2D eigenvalue weighted by Gasteiger charge is -2.16. The van der Waals surface area contributed by atoms with Gasteiger partial charge in [0.25, 0.3) is 5.91 Å². The Morgan fingerprint density at radius 2 is 2.45 bits per heavy atom. The van der Waals surface area contributed by atoms with Gasteiger partial charge in [-0.05, 0) is 40.9 Å². The number of nitrogens with one attached hydrogen (secondary N) is 1. The Kier molecular flexibility index (Phi) is 4.08. The molecule has 3 heterocycles. The van der Waals surface area contributed by atoms with E-state index in [1.54, 1.807) is 35.9 Å². The molecular weight excluding hydrogens is 270 g/mol. The Morgan fingerprint density at radius 1 is 1.50 bits per heavy atom. The summed E-state index contributed by atoms with van der Waals surface area (Å²) in [5.41, 5.74) is 1.98. The summed E-state index contributed by atoms with van der Waals surface area (Å²) in [4.78, 5) is 18.4. The van der Waals surface area contributed by atoms with E-state index in [-0.39, 0.29) is 11.9 Å². The minimum atomic E-state index is -0.0273. The van der Waals surface area contributed by atoms with Gasteiger partial charge in [0, 0.05) is 38.1 Å². The molecule has 0 aromatic carbocycles. The minimum Gasteiger partial charge on any atom is -0.348 e. The largest absolute Gasteiger partial charge is 0.348 e. The number of hydrogen-bond acceptors (Lipinski definition) is 4. The summed E-state index contributed by atoms with van der Waals surface area (Å²) in [6, 6.07) is 5.97. The average Bonchev–Trinajstić information content (AvgIpc) is 3.12. The van der Waals surface area contributed by atoms with Crippen LogP contribution in [0.2, 0.25) is 0 Å². The molecule has 0 spiro atoms. The van der Waals surface area contributed by atoms with E-state index >= 15 is 0 Å². The molecule has 20 heavy (non-hydrogen) atoms. The lowest BCUT2D eigenvalue weighted by atomic mass is 10.2. The molecule has 0 radical (unpaired) electrons. The van der Waals surface area contributed by atoms with Gasteiger partial charge in [-0.1, -0.05) is 0 Å². The highest BCUT2D eigenvalue weighted by Gasteiger charge is 2.24. The first-order chi connectivity index (χ1) is 9.81. The van der Waals surface area contributed by atoms with Gasteiger partial charge >= 0.3 is 0 Å². The van der Waals surface area contributed by atoms with Crippen LogP contribution in [0.3, 0.4) is 0 Å². The molecule has 2 aromatic rings. The van der Waals surface area contributed by atoms with Crippen LogP contribution >= 0.6 is 11.3 Å². The van der Waals surface area contributed by atoms with Crippen molar-refractivity contribution in [3.8, 4) is 0 Å². The monoisotopic (exact) mass is 287 g/mol. The van der Waals surface area contributed by atoms with Gasteiger partial charge in [0.1, 0.15) is 0 Å². The maximum atomic E-state index is 12.1. The van der Waals surface area contributed by atoms with Crippen molar-refractivity contribution >= 4 is 17.2 Å².